The van der Waals surface area contributed by atoms with Crippen molar-refractivity contribution in [1.29, 1.82) is 0 Å². The first kappa shape index (κ1) is 16.5. The number of nitrogens with one attached hydrogen (secondary N) is 2. The van der Waals surface area contributed by atoms with E-state index in [1.54, 1.807) is 11.8 Å². The Hall–Kier alpha value is -0.910. The van der Waals surface area contributed by atoms with E-state index in [0.717, 1.165) is 28.5 Å². The van der Waals surface area contributed by atoms with Crippen molar-refractivity contribution in [3.8, 4) is 0 Å². The molecular formula is C15H21ClN2O2S. The smallest absolute Gasteiger partial charge is 0.315 e. The highest BCUT2D eigenvalue weighted by molar-refractivity contribution is 7.99. The minimum atomic E-state index is -0.493. The van der Waals surface area contributed by atoms with Gasteiger partial charge in [-0.2, -0.15) is 0 Å². The number of amides is 2. The van der Waals surface area contributed by atoms with Crippen molar-refractivity contribution in [2.24, 2.45) is 5.92 Å². The van der Waals surface area contributed by atoms with Crippen molar-refractivity contribution in [2.45, 2.75) is 30.2 Å². The van der Waals surface area contributed by atoms with E-state index >= 15 is 0 Å². The van der Waals surface area contributed by atoms with E-state index in [2.05, 4.69) is 10.6 Å². The molecule has 1 unspecified atom stereocenters. The standard InChI is InChI=1S/C15H21ClN2O2S/c1-15(10-19,11-2-3-11)18-14(20)17-8-9-21-13-6-4-12(16)5-7-13/h4-7,11,19H,2-3,8-10H2,1H3,(H2,17,18,20). The zero-order chi connectivity index (χ0) is 15.3. The summed E-state index contributed by atoms with van der Waals surface area (Å²) in [4.78, 5) is 13.0. The number of carbonyl (C=O) groups excluding carboxylic acids is 1. The van der Waals surface area contributed by atoms with Crippen molar-refractivity contribution in [1.82, 2.24) is 10.6 Å². The molecule has 21 heavy (non-hydrogen) atoms. The maximum Gasteiger partial charge on any atom is 0.315 e. The number of urea groups is 1. The molecule has 0 spiro atoms. The minimum Gasteiger partial charge on any atom is -0.394 e. The molecule has 0 bridgehead atoms. The van der Waals surface area contributed by atoms with Gasteiger partial charge in [0, 0.05) is 22.2 Å². The number of benzene rings is 1. The minimum absolute atomic E-state index is 0.0232. The summed E-state index contributed by atoms with van der Waals surface area (Å²) in [5.74, 6) is 1.19. The number of aliphatic hydroxyl groups excluding tert-OH is 1. The van der Waals surface area contributed by atoms with Crippen LogP contribution < -0.4 is 10.6 Å². The van der Waals surface area contributed by atoms with Crippen LogP contribution in [0.4, 0.5) is 4.79 Å². The van der Waals surface area contributed by atoms with Crippen molar-refractivity contribution >= 4 is 29.4 Å². The fourth-order valence-corrected chi connectivity index (χ4v) is 3.05. The number of halogens is 1. The van der Waals surface area contributed by atoms with Gasteiger partial charge in [0.2, 0.25) is 0 Å². The number of rotatable bonds is 7. The Bertz CT molecular complexity index is 479. The molecule has 1 atom stereocenters. The third-order valence-corrected chi connectivity index (χ3v) is 4.94. The molecule has 0 radical (unpaired) electrons. The van der Waals surface area contributed by atoms with Gasteiger partial charge in [0.25, 0.3) is 0 Å². The van der Waals surface area contributed by atoms with E-state index in [0.29, 0.717) is 12.5 Å². The SMILES string of the molecule is CC(CO)(NC(=O)NCCSc1ccc(Cl)cc1)C1CC1. The molecule has 2 amide bonds. The summed E-state index contributed by atoms with van der Waals surface area (Å²) in [6.45, 7) is 2.45. The molecule has 6 heteroatoms. The predicted molar refractivity (Wildman–Crippen MR) is 86.9 cm³/mol. The molecule has 1 fully saturated rings. The summed E-state index contributed by atoms with van der Waals surface area (Å²) in [5, 5.41) is 15.9. The van der Waals surface area contributed by atoms with Crippen molar-refractivity contribution < 1.29 is 9.90 Å². The Morgan fingerprint density at radius 3 is 2.67 bits per heavy atom. The lowest BCUT2D eigenvalue weighted by Crippen LogP contribution is -2.54. The van der Waals surface area contributed by atoms with Crippen LogP contribution in [-0.4, -0.2) is 35.6 Å². The Balaban J connectivity index is 1.66. The van der Waals surface area contributed by atoms with Crippen LogP contribution in [0.25, 0.3) is 0 Å². The Kier molecular flexibility index (Phi) is 5.79. The Labute approximate surface area is 134 Å². The Morgan fingerprint density at radius 2 is 2.10 bits per heavy atom. The van der Waals surface area contributed by atoms with Crippen LogP contribution in [0, 0.1) is 5.92 Å². The maximum atomic E-state index is 11.8. The normalized spacial score (nSPS) is 17.1. The number of carbonyl (C=O) groups is 1. The number of aliphatic hydroxyl groups is 1. The first-order chi connectivity index (χ1) is 10.0. The first-order valence-electron chi connectivity index (χ1n) is 7.09. The highest BCUT2D eigenvalue weighted by Crippen LogP contribution is 2.39. The van der Waals surface area contributed by atoms with Gasteiger partial charge < -0.3 is 15.7 Å². The van der Waals surface area contributed by atoms with Gasteiger partial charge in [-0.15, -0.1) is 11.8 Å². The molecule has 2 rings (SSSR count). The molecule has 4 nitrogen and oxygen atoms in total. The van der Waals surface area contributed by atoms with E-state index in [1.807, 2.05) is 31.2 Å². The monoisotopic (exact) mass is 328 g/mol. The average molecular weight is 329 g/mol. The average Bonchev–Trinajstić information content (AvgIpc) is 3.30. The number of hydrogen-bond acceptors (Lipinski definition) is 3. The molecular weight excluding hydrogens is 308 g/mol. The fraction of sp³-hybridized carbons (Fsp3) is 0.533. The van der Waals surface area contributed by atoms with Crippen LogP contribution in [0.3, 0.4) is 0 Å². The highest BCUT2D eigenvalue weighted by Gasteiger charge is 2.42. The second kappa shape index (κ2) is 7.38. The van der Waals surface area contributed by atoms with Crippen LogP contribution in [0.15, 0.2) is 29.2 Å². The van der Waals surface area contributed by atoms with Crippen LogP contribution in [0.5, 0.6) is 0 Å². The van der Waals surface area contributed by atoms with Crippen LogP contribution >= 0.6 is 23.4 Å². The molecule has 0 aromatic heterocycles. The summed E-state index contributed by atoms with van der Waals surface area (Å²) >= 11 is 7.49. The lowest BCUT2D eigenvalue weighted by atomic mass is 9.97. The van der Waals surface area contributed by atoms with E-state index in [-0.39, 0.29) is 12.6 Å². The fourth-order valence-electron chi connectivity index (χ4n) is 2.16. The van der Waals surface area contributed by atoms with Crippen molar-refractivity contribution in [2.75, 3.05) is 18.9 Å². The quantitative estimate of drug-likeness (QED) is 0.533. The van der Waals surface area contributed by atoms with Gasteiger partial charge in [-0.25, -0.2) is 4.79 Å². The van der Waals surface area contributed by atoms with Gasteiger partial charge in [0.15, 0.2) is 0 Å². The summed E-state index contributed by atoms with van der Waals surface area (Å²) in [7, 11) is 0. The zero-order valence-electron chi connectivity index (χ0n) is 12.1. The maximum absolute atomic E-state index is 11.8. The molecule has 0 aliphatic heterocycles. The van der Waals surface area contributed by atoms with Gasteiger partial charge in [0.05, 0.1) is 12.1 Å². The molecule has 1 saturated carbocycles. The van der Waals surface area contributed by atoms with Crippen molar-refractivity contribution in [3.05, 3.63) is 29.3 Å². The first-order valence-corrected chi connectivity index (χ1v) is 8.45. The molecule has 3 N–H and O–H groups in total. The van der Waals surface area contributed by atoms with Crippen molar-refractivity contribution in [3.63, 3.8) is 0 Å². The Morgan fingerprint density at radius 1 is 1.43 bits per heavy atom. The van der Waals surface area contributed by atoms with Crippen LogP contribution in [0.1, 0.15) is 19.8 Å². The third kappa shape index (κ3) is 5.09. The molecule has 1 aromatic carbocycles. The summed E-state index contributed by atoms with van der Waals surface area (Å²) in [6, 6.07) is 7.42. The largest absolute Gasteiger partial charge is 0.394 e. The summed E-state index contributed by atoms with van der Waals surface area (Å²) in [6.07, 6.45) is 2.15. The van der Waals surface area contributed by atoms with Gasteiger partial charge in [0.1, 0.15) is 0 Å². The molecule has 116 valence electrons. The molecule has 0 saturated heterocycles. The van der Waals surface area contributed by atoms with E-state index < -0.39 is 5.54 Å². The summed E-state index contributed by atoms with van der Waals surface area (Å²) < 4.78 is 0. The molecule has 1 aliphatic rings. The van der Waals surface area contributed by atoms with Crippen LogP contribution in [-0.2, 0) is 0 Å². The second-order valence-corrected chi connectivity index (χ2v) is 7.14. The zero-order valence-corrected chi connectivity index (χ0v) is 13.6. The number of thioether (sulfide) groups is 1. The topological polar surface area (TPSA) is 61.4 Å². The van der Waals surface area contributed by atoms with E-state index in [9.17, 15) is 9.90 Å². The van der Waals surface area contributed by atoms with Gasteiger partial charge in [-0.05, 0) is 49.9 Å². The number of hydrogen-bond donors (Lipinski definition) is 3. The van der Waals surface area contributed by atoms with E-state index in [4.69, 9.17) is 11.6 Å². The van der Waals surface area contributed by atoms with Gasteiger partial charge in [-0.3, -0.25) is 0 Å². The molecule has 1 aliphatic carbocycles. The lowest BCUT2D eigenvalue weighted by molar-refractivity contribution is 0.155. The van der Waals surface area contributed by atoms with Gasteiger partial charge in [-0.1, -0.05) is 11.6 Å². The summed E-state index contributed by atoms with van der Waals surface area (Å²) in [5.41, 5.74) is -0.493. The lowest BCUT2D eigenvalue weighted by Gasteiger charge is -2.28. The highest BCUT2D eigenvalue weighted by atomic mass is 35.5. The third-order valence-electron chi connectivity index (χ3n) is 3.68. The van der Waals surface area contributed by atoms with Gasteiger partial charge >= 0.3 is 6.03 Å². The second-order valence-electron chi connectivity index (χ2n) is 5.53. The predicted octanol–water partition coefficient (Wildman–Crippen LogP) is 2.89. The molecule has 1 aromatic rings. The van der Waals surface area contributed by atoms with Crippen LogP contribution in [0.2, 0.25) is 5.02 Å². The molecule has 0 heterocycles. The van der Waals surface area contributed by atoms with E-state index in [1.165, 1.54) is 0 Å².